The van der Waals surface area contributed by atoms with Gasteiger partial charge in [0.2, 0.25) is 0 Å². The number of para-hydroxylation sites is 1. The molecule has 50 heavy (non-hydrogen) atoms. The molecule has 2 unspecified atom stereocenters. The lowest BCUT2D eigenvalue weighted by Crippen LogP contribution is -2.63. The number of carbonyl (C=O) groups is 2. The molecule has 10 rings (SSSR count). The van der Waals surface area contributed by atoms with Crippen molar-refractivity contribution in [1.82, 2.24) is 29.3 Å². The molecule has 5 heterocycles. The molecule has 4 fully saturated rings. The van der Waals surface area contributed by atoms with Crippen molar-refractivity contribution in [3.8, 4) is 11.1 Å². The van der Waals surface area contributed by atoms with Gasteiger partial charge in [0.05, 0.1) is 40.6 Å². The van der Waals surface area contributed by atoms with Gasteiger partial charge in [0.1, 0.15) is 5.82 Å². The van der Waals surface area contributed by atoms with Crippen LogP contribution < -0.4 is 10.2 Å². The fraction of sp³-hybridized carbons (Fsp3) is 0.459. The maximum atomic E-state index is 13.3. The quantitative estimate of drug-likeness (QED) is 0.183. The molecule has 5 aromatic rings. The van der Waals surface area contributed by atoms with Crippen molar-refractivity contribution in [2.75, 3.05) is 16.8 Å². The lowest BCUT2D eigenvalue weighted by Gasteiger charge is -2.68. The maximum Gasteiger partial charge on any atom is 0.355 e. The first kappa shape index (κ1) is 31.4. The summed E-state index contributed by atoms with van der Waals surface area (Å²) in [6.45, 7) is 8.87. The van der Waals surface area contributed by atoms with E-state index in [2.05, 4.69) is 34.1 Å². The Balaban J connectivity index is 0.964. The number of anilines is 2. The van der Waals surface area contributed by atoms with Crippen molar-refractivity contribution in [3.63, 3.8) is 0 Å². The summed E-state index contributed by atoms with van der Waals surface area (Å²) in [5.41, 5.74) is 3.58. The lowest BCUT2D eigenvalue weighted by atomic mass is 9.39. The zero-order chi connectivity index (χ0) is 34.6. The molecular weight excluding hydrogens is 653 g/mol. The predicted octanol–water partition coefficient (Wildman–Crippen LogP) is 6.14. The average molecular weight is 693 g/mol. The highest BCUT2D eigenvalue weighted by molar-refractivity contribution is 7.22. The zero-order valence-electron chi connectivity index (χ0n) is 28.4. The summed E-state index contributed by atoms with van der Waals surface area (Å²) in [5.74, 6) is -0.937. The van der Waals surface area contributed by atoms with Crippen LogP contribution >= 0.6 is 11.3 Å². The number of hydrogen-bond donors (Lipinski definition) is 3. The number of thiazole rings is 1. The third-order valence-corrected chi connectivity index (χ3v) is 12.5. The molecule has 1 aromatic carbocycles. The van der Waals surface area contributed by atoms with Gasteiger partial charge in [-0.25, -0.2) is 19.7 Å². The molecule has 4 aliphatic carbocycles. The summed E-state index contributed by atoms with van der Waals surface area (Å²) < 4.78 is 4.96. The molecule has 5 aliphatic rings. The summed E-state index contributed by atoms with van der Waals surface area (Å²) in [6, 6.07) is 11.4. The molecule has 3 N–H and O–H groups in total. The molecule has 0 radical (unpaired) electrons. The zero-order valence-corrected chi connectivity index (χ0v) is 29.3. The van der Waals surface area contributed by atoms with Gasteiger partial charge in [-0.3, -0.25) is 14.8 Å². The molecule has 13 heteroatoms. The second-order valence-corrected chi connectivity index (χ2v) is 17.2. The summed E-state index contributed by atoms with van der Waals surface area (Å²) in [5, 5.41) is 30.2. The van der Waals surface area contributed by atoms with Crippen LogP contribution in [0.15, 0.2) is 48.9 Å². The molecule has 4 saturated carbocycles. The fourth-order valence-electron chi connectivity index (χ4n) is 11.0. The monoisotopic (exact) mass is 692 g/mol. The van der Waals surface area contributed by atoms with Gasteiger partial charge in [0, 0.05) is 36.5 Å². The number of pyridine rings is 1. The van der Waals surface area contributed by atoms with Crippen molar-refractivity contribution in [1.29, 1.82) is 0 Å². The van der Waals surface area contributed by atoms with Crippen LogP contribution in [0.3, 0.4) is 0 Å². The largest absolute Gasteiger partial charge is 0.476 e. The van der Waals surface area contributed by atoms with E-state index in [9.17, 15) is 19.8 Å². The first-order valence-corrected chi connectivity index (χ1v) is 18.1. The summed E-state index contributed by atoms with van der Waals surface area (Å²) in [6.07, 6.45) is 9.27. The van der Waals surface area contributed by atoms with Crippen LogP contribution in [-0.2, 0) is 19.6 Å². The number of hydrogen-bond acceptors (Lipinski definition) is 9. The normalized spacial score (nSPS) is 28.3. The van der Waals surface area contributed by atoms with Crippen LogP contribution in [0.25, 0.3) is 21.3 Å². The number of nitrogens with zero attached hydrogens (tertiary/aromatic N) is 7. The van der Waals surface area contributed by atoms with Crippen LogP contribution in [-0.4, -0.2) is 63.5 Å². The Kier molecular flexibility index (Phi) is 6.71. The van der Waals surface area contributed by atoms with Gasteiger partial charge >= 0.3 is 5.97 Å². The van der Waals surface area contributed by atoms with E-state index in [1.807, 2.05) is 57.5 Å². The Bertz CT molecular complexity index is 2130. The maximum absolute atomic E-state index is 13.3. The Morgan fingerprint density at radius 1 is 0.940 bits per heavy atom. The number of benzene rings is 1. The first-order valence-electron chi connectivity index (χ1n) is 17.3. The van der Waals surface area contributed by atoms with E-state index in [0.717, 1.165) is 65.7 Å². The third kappa shape index (κ3) is 5.12. The molecular formula is C37H40N8O4S. The average Bonchev–Trinajstić information content (AvgIpc) is 3.74. The second-order valence-electron chi connectivity index (χ2n) is 16.2. The van der Waals surface area contributed by atoms with E-state index in [4.69, 9.17) is 5.10 Å². The van der Waals surface area contributed by atoms with Crippen LogP contribution in [0, 0.1) is 23.2 Å². The van der Waals surface area contributed by atoms with Crippen LogP contribution in [0.1, 0.15) is 84.7 Å². The van der Waals surface area contributed by atoms with E-state index in [1.54, 1.807) is 12.5 Å². The van der Waals surface area contributed by atoms with Gasteiger partial charge in [-0.15, -0.1) is 0 Å². The van der Waals surface area contributed by atoms with Crippen molar-refractivity contribution >= 4 is 44.4 Å². The molecule has 0 saturated heterocycles. The van der Waals surface area contributed by atoms with Gasteiger partial charge in [-0.2, -0.15) is 5.10 Å². The second kappa shape index (κ2) is 10.7. The summed E-state index contributed by atoms with van der Waals surface area (Å²) >= 11 is 1.41. The van der Waals surface area contributed by atoms with Gasteiger partial charge in [-0.05, 0) is 86.0 Å². The number of carboxylic acids is 1. The van der Waals surface area contributed by atoms with Crippen LogP contribution in [0.4, 0.5) is 10.9 Å². The number of aliphatic hydroxyl groups is 1. The number of fused-ring (bicyclic) bond motifs is 2. The van der Waals surface area contributed by atoms with E-state index < -0.39 is 11.6 Å². The van der Waals surface area contributed by atoms with Crippen molar-refractivity contribution in [2.45, 2.75) is 84.5 Å². The highest BCUT2D eigenvalue weighted by Crippen LogP contribution is 2.71. The molecule has 258 valence electrons. The number of nitrogens with one attached hydrogen (secondary N) is 1. The standard InChI is InChI=1S/C37H40N8O4S/c1-22-24(12-39-45(22)20-36-15-34(2)14-35(3,16-36)18-37(49,17-34)19-36)23-8-9-28(41-29(23)32(47)48)43-10-11-44-21-38-30(26(44)13-43)31(46)42-33-40-25-6-4-5-7-27(25)50-33/h4-9,12,21,49H,10-11,13-20H2,1-3H3,(H,47,48)(H,40,42,46). The molecule has 4 aromatic heterocycles. The minimum Gasteiger partial charge on any atom is -0.476 e. The van der Waals surface area contributed by atoms with Crippen molar-refractivity contribution in [3.05, 3.63) is 71.7 Å². The fourth-order valence-corrected chi connectivity index (χ4v) is 11.8. The molecule has 1 aliphatic heterocycles. The van der Waals surface area contributed by atoms with Crippen molar-refractivity contribution < 1.29 is 19.8 Å². The molecule has 4 bridgehead atoms. The van der Waals surface area contributed by atoms with Gasteiger partial charge in [0.15, 0.2) is 16.5 Å². The highest BCUT2D eigenvalue weighted by atomic mass is 32.1. The minimum atomic E-state index is -1.11. The number of imidazole rings is 1. The summed E-state index contributed by atoms with van der Waals surface area (Å²) in [4.78, 5) is 41.6. The van der Waals surface area contributed by atoms with Crippen molar-refractivity contribution in [2.24, 2.45) is 16.2 Å². The van der Waals surface area contributed by atoms with E-state index in [-0.39, 0.29) is 27.8 Å². The number of rotatable bonds is 7. The Morgan fingerprint density at radius 2 is 1.72 bits per heavy atom. The number of aromatic carboxylic acids is 1. The van der Waals surface area contributed by atoms with Crippen LogP contribution in [0.2, 0.25) is 0 Å². The molecule has 12 nitrogen and oxygen atoms in total. The highest BCUT2D eigenvalue weighted by Gasteiger charge is 2.65. The first-order chi connectivity index (χ1) is 23.8. The Labute approximate surface area is 293 Å². The Morgan fingerprint density at radius 3 is 2.46 bits per heavy atom. The number of amides is 1. The van der Waals surface area contributed by atoms with E-state index in [1.165, 1.54) is 11.3 Å². The lowest BCUT2D eigenvalue weighted by molar-refractivity contribution is -0.229. The number of carboxylic acid groups (broad SMARTS) is 1. The minimum absolute atomic E-state index is 0.0380. The van der Waals surface area contributed by atoms with Gasteiger partial charge in [0.25, 0.3) is 5.91 Å². The number of carbonyl (C=O) groups excluding carboxylic acids is 1. The van der Waals surface area contributed by atoms with E-state index >= 15 is 0 Å². The molecule has 1 amide bonds. The van der Waals surface area contributed by atoms with Gasteiger partial charge < -0.3 is 19.7 Å². The Hall–Kier alpha value is -4.62. The third-order valence-electron chi connectivity index (χ3n) is 11.6. The van der Waals surface area contributed by atoms with E-state index in [0.29, 0.717) is 48.4 Å². The topological polar surface area (TPSA) is 151 Å². The SMILES string of the molecule is Cc1c(-c2ccc(N3CCn4cnc(C(=O)Nc5nc6ccccc6s5)c4C3)nc2C(=O)O)cnn1CC12CC3(C)CC(C)(CC(O)(C3)C1)C2. The predicted molar refractivity (Wildman–Crippen MR) is 189 cm³/mol. The smallest absolute Gasteiger partial charge is 0.355 e. The summed E-state index contributed by atoms with van der Waals surface area (Å²) in [7, 11) is 0. The van der Waals surface area contributed by atoms with Gasteiger partial charge in [-0.1, -0.05) is 37.3 Å². The van der Waals surface area contributed by atoms with Crippen LogP contribution in [0.5, 0.6) is 0 Å². The molecule has 0 spiro atoms. The number of aromatic nitrogens is 6. The molecule has 2 atom stereocenters.